The van der Waals surface area contributed by atoms with Crippen LogP contribution >= 0.6 is 22.9 Å². The highest BCUT2D eigenvalue weighted by molar-refractivity contribution is 7.91. The molecule has 1 rings (SSSR count). The molecule has 0 unspecified atom stereocenters. The third-order valence-electron chi connectivity index (χ3n) is 3.39. The van der Waals surface area contributed by atoms with Gasteiger partial charge in [0, 0.05) is 0 Å². The van der Waals surface area contributed by atoms with E-state index in [0.717, 1.165) is 17.8 Å². The van der Waals surface area contributed by atoms with Crippen LogP contribution in [0.25, 0.3) is 0 Å². The Morgan fingerprint density at radius 1 is 1.48 bits per heavy atom. The number of sulfonamides is 1. The number of aliphatic hydroxyl groups excluding tert-OH is 1. The Hall–Kier alpha value is -0.400. The molecular weight excluding hydrogens is 330 g/mol. The van der Waals surface area contributed by atoms with E-state index < -0.39 is 22.2 Å². The Bertz CT molecular complexity index is 569. The summed E-state index contributed by atoms with van der Waals surface area (Å²) in [6.07, 6.45) is 4.09. The van der Waals surface area contributed by atoms with Gasteiger partial charge in [-0.1, -0.05) is 44.0 Å². The fourth-order valence-electron chi connectivity index (χ4n) is 1.93. The molecule has 0 aromatic carbocycles. The van der Waals surface area contributed by atoms with Crippen molar-refractivity contribution < 1.29 is 13.5 Å². The van der Waals surface area contributed by atoms with Crippen molar-refractivity contribution in [2.45, 2.75) is 50.0 Å². The molecule has 2 N–H and O–H groups in total. The second-order valence-electron chi connectivity index (χ2n) is 4.96. The predicted octanol–water partition coefficient (Wildman–Crippen LogP) is 3.42. The largest absolute Gasteiger partial charge is 0.391 e. The van der Waals surface area contributed by atoms with Gasteiger partial charge in [-0.3, -0.25) is 0 Å². The van der Waals surface area contributed by atoms with Crippen molar-refractivity contribution in [3.63, 3.8) is 0 Å². The van der Waals surface area contributed by atoms with Gasteiger partial charge in [0.1, 0.15) is 4.21 Å². The van der Waals surface area contributed by atoms with E-state index in [9.17, 15) is 13.5 Å². The number of rotatable bonds is 8. The molecule has 1 aromatic heterocycles. The summed E-state index contributed by atoms with van der Waals surface area (Å²) < 4.78 is 27.9. The maximum absolute atomic E-state index is 12.4. The van der Waals surface area contributed by atoms with Crippen LogP contribution < -0.4 is 4.72 Å². The molecule has 0 aliphatic heterocycles. The molecule has 7 heteroatoms. The normalized spacial score (nSPS) is 17.0. The van der Waals surface area contributed by atoms with E-state index >= 15 is 0 Å². The van der Waals surface area contributed by atoms with Gasteiger partial charge >= 0.3 is 0 Å². The molecule has 3 atom stereocenters. The van der Waals surface area contributed by atoms with Gasteiger partial charge in [-0.05, 0) is 31.4 Å². The standard InChI is InChI=1S/C14H22ClNO3S2/c1-4-6-7-11(17)14(10(3)5-2)16-21(18,19)13-9-8-12(15)20-13/h4,6,8-11,14,16-17H,5,7H2,1-3H3/b6-4+/t10-,11+,14-/m0/s1. The van der Waals surface area contributed by atoms with E-state index in [0.29, 0.717) is 10.8 Å². The highest BCUT2D eigenvalue weighted by atomic mass is 35.5. The Morgan fingerprint density at radius 2 is 2.14 bits per heavy atom. The van der Waals surface area contributed by atoms with Gasteiger partial charge in [0.2, 0.25) is 10.0 Å². The summed E-state index contributed by atoms with van der Waals surface area (Å²) in [5.41, 5.74) is 0. The Labute approximate surface area is 135 Å². The number of nitrogens with one attached hydrogen (secondary N) is 1. The van der Waals surface area contributed by atoms with Crippen LogP contribution in [0.5, 0.6) is 0 Å². The van der Waals surface area contributed by atoms with E-state index in [4.69, 9.17) is 11.6 Å². The molecule has 0 saturated heterocycles. The first kappa shape index (κ1) is 18.6. The average molecular weight is 352 g/mol. The van der Waals surface area contributed by atoms with Crippen molar-refractivity contribution in [2.75, 3.05) is 0 Å². The van der Waals surface area contributed by atoms with Crippen LogP contribution in [0, 0.1) is 5.92 Å². The number of halogens is 1. The number of hydrogen-bond acceptors (Lipinski definition) is 4. The van der Waals surface area contributed by atoms with Crippen LogP contribution in [0.3, 0.4) is 0 Å². The molecule has 0 amide bonds. The maximum atomic E-state index is 12.4. The van der Waals surface area contributed by atoms with Crippen molar-refractivity contribution in [3.05, 3.63) is 28.6 Å². The number of aliphatic hydroxyl groups is 1. The first-order valence-electron chi connectivity index (χ1n) is 6.88. The maximum Gasteiger partial charge on any atom is 0.250 e. The molecule has 1 heterocycles. The Kier molecular flexibility index (Phi) is 7.36. The molecule has 0 fully saturated rings. The number of thiophene rings is 1. The van der Waals surface area contributed by atoms with Gasteiger partial charge < -0.3 is 5.11 Å². The predicted molar refractivity (Wildman–Crippen MR) is 88.3 cm³/mol. The highest BCUT2D eigenvalue weighted by Crippen LogP contribution is 2.26. The summed E-state index contributed by atoms with van der Waals surface area (Å²) in [5, 5.41) is 10.3. The molecule has 0 spiro atoms. The fourth-order valence-corrected chi connectivity index (χ4v) is 4.81. The van der Waals surface area contributed by atoms with Crippen molar-refractivity contribution >= 4 is 33.0 Å². The van der Waals surface area contributed by atoms with Gasteiger partial charge in [0.15, 0.2) is 0 Å². The van der Waals surface area contributed by atoms with Gasteiger partial charge in [-0.2, -0.15) is 0 Å². The van der Waals surface area contributed by atoms with Crippen LogP contribution in [-0.2, 0) is 10.0 Å². The molecule has 0 radical (unpaired) electrons. The van der Waals surface area contributed by atoms with Crippen LogP contribution in [0.4, 0.5) is 0 Å². The fraction of sp³-hybridized carbons (Fsp3) is 0.571. The third-order valence-corrected chi connectivity index (χ3v) is 6.57. The molecule has 4 nitrogen and oxygen atoms in total. The van der Waals surface area contributed by atoms with E-state index in [-0.39, 0.29) is 10.1 Å². The molecule has 21 heavy (non-hydrogen) atoms. The summed E-state index contributed by atoms with van der Waals surface area (Å²) in [6, 6.07) is 2.49. The summed E-state index contributed by atoms with van der Waals surface area (Å²) in [7, 11) is -3.66. The zero-order chi connectivity index (χ0) is 16.0. The lowest BCUT2D eigenvalue weighted by Gasteiger charge is -2.28. The summed E-state index contributed by atoms with van der Waals surface area (Å²) >= 11 is 6.80. The lowest BCUT2D eigenvalue weighted by atomic mass is 9.93. The van der Waals surface area contributed by atoms with Crippen molar-refractivity contribution in [1.29, 1.82) is 0 Å². The number of allylic oxidation sites excluding steroid dienone is 1. The zero-order valence-electron chi connectivity index (χ0n) is 12.4. The Balaban J connectivity index is 2.95. The molecule has 0 saturated carbocycles. The van der Waals surface area contributed by atoms with Crippen molar-refractivity contribution in [3.8, 4) is 0 Å². The molecule has 1 aromatic rings. The van der Waals surface area contributed by atoms with Crippen molar-refractivity contribution in [2.24, 2.45) is 5.92 Å². The molecular formula is C14H22ClNO3S2. The van der Waals surface area contributed by atoms with Crippen LogP contribution in [-0.4, -0.2) is 25.7 Å². The van der Waals surface area contributed by atoms with Crippen LogP contribution in [0.2, 0.25) is 4.34 Å². The average Bonchev–Trinajstić information content (AvgIpc) is 2.88. The monoisotopic (exact) mass is 351 g/mol. The first-order valence-corrected chi connectivity index (χ1v) is 9.56. The van der Waals surface area contributed by atoms with Gasteiger partial charge in [0.05, 0.1) is 16.5 Å². The first-order chi connectivity index (χ1) is 9.81. The lowest BCUT2D eigenvalue weighted by molar-refractivity contribution is 0.114. The highest BCUT2D eigenvalue weighted by Gasteiger charge is 2.29. The van der Waals surface area contributed by atoms with E-state index in [1.807, 2.05) is 32.9 Å². The second-order valence-corrected chi connectivity index (χ2v) is 8.62. The molecule has 120 valence electrons. The lowest BCUT2D eigenvalue weighted by Crippen LogP contribution is -2.47. The van der Waals surface area contributed by atoms with E-state index in [1.165, 1.54) is 6.07 Å². The summed E-state index contributed by atoms with van der Waals surface area (Å²) in [4.78, 5) is 0. The zero-order valence-corrected chi connectivity index (χ0v) is 14.8. The van der Waals surface area contributed by atoms with Gasteiger partial charge in [-0.15, -0.1) is 11.3 Å². The van der Waals surface area contributed by atoms with Gasteiger partial charge in [0.25, 0.3) is 0 Å². The van der Waals surface area contributed by atoms with Crippen LogP contribution in [0.1, 0.15) is 33.6 Å². The summed E-state index contributed by atoms with van der Waals surface area (Å²) in [5.74, 6) is 0.0236. The third kappa shape index (κ3) is 5.38. The topological polar surface area (TPSA) is 66.4 Å². The molecule has 0 aliphatic carbocycles. The minimum absolute atomic E-state index is 0.0236. The Morgan fingerprint density at radius 3 is 2.62 bits per heavy atom. The van der Waals surface area contributed by atoms with E-state index in [1.54, 1.807) is 6.07 Å². The second kappa shape index (κ2) is 8.29. The smallest absolute Gasteiger partial charge is 0.250 e. The van der Waals surface area contributed by atoms with E-state index in [2.05, 4.69) is 4.72 Å². The minimum Gasteiger partial charge on any atom is -0.391 e. The quantitative estimate of drug-likeness (QED) is 0.705. The minimum atomic E-state index is -3.66. The molecule has 0 aliphatic rings. The van der Waals surface area contributed by atoms with Crippen LogP contribution in [0.15, 0.2) is 28.5 Å². The SMILES string of the molecule is C/C=C/C[C@@H](O)[C@@H](NS(=O)(=O)c1ccc(Cl)s1)[C@@H](C)CC. The van der Waals surface area contributed by atoms with Gasteiger partial charge in [-0.25, -0.2) is 13.1 Å². The van der Waals surface area contributed by atoms with Crippen molar-refractivity contribution in [1.82, 2.24) is 4.72 Å². The number of hydrogen-bond donors (Lipinski definition) is 2. The molecule has 0 bridgehead atoms. The summed E-state index contributed by atoms with van der Waals surface area (Å²) in [6.45, 7) is 5.76.